The maximum atomic E-state index is 13.8. The molecule has 0 radical (unpaired) electrons. The lowest BCUT2D eigenvalue weighted by Crippen LogP contribution is -2.53. The average molecular weight is 518 g/mol. The molecule has 1 N–H and O–H groups in total. The predicted molar refractivity (Wildman–Crippen MR) is 153 cm³/mol. The molecule has 0 unspecified atom stereocenters. The number of fused-ring (bicyclic) bond motifs is 1. The molecular weight excluding hydrogens is 482 g/mol. The van der Waals surface area contributed by atoms with Gasteiger partial charge in [0.1, 0.15) is 5.75 Å². The van der Waals surface area contributed by atoms with Gasteiger partial charge < -0.3 is 14.7 Å². The van der Waals surface area contributed by atoms with Crippen molar-refractivity contribution in [1.29, 1.82) is 0 Å². The molecule has 1 aliphatic heterocycles. The summed E-state index contributed by atoms with van der Waals surface area (Å²) in [7, 11) is 1.64. The molecule has 4 heteroatoms. The van der Waals surface area contributed by atoms with Crippen LogP contribution in [0.5, 0.6) is 5.75 Å². The molecule has 1 aliphatic carbocycles. The van der Waals surface area contributed by atoms with E-state index < -0.39 is 5.60 Å². The van der Waals surface area contributed by atoms with Gasteiger partial charge >= 0.3 is 0 Å². The number of aliphatic hydroxyl groups is 1. The fraction of sp³-hybridized carbons (Fsp3) is 0.286. The minimum atomic E-state index is -1.02. The second-order valence-electron chi connectivity index (χ2n) is 11.0. The van der Waals surface area contributed by atoms with E-state index in [0.717, 1.165) is 23.3 Å². The van der Waals surface area contributed by atoms with Crippen molar-refractivity contribution >= 4 is 5.91 Å². The molecule has 2 fully saturated rings. The number of para-hydroxylation sites is 1. The topological polar surface area (TPSA) is 49.8 Å². The van der Waals surface area contributed by atoms with Crippen molar-refractivity contribution in [3.63, 3.8) is 0 Å². The fourth-order valence-corrected chi connectivity index (χ4v) is 7.31. The average Bonchev–Trinajstić information content (AvgIpc) is 3.47. The molecule has 0 aromatic heterocycles. The number of benzene rings is 4. The highest BCUT2D eigenvalue weighted by Gasteiger charge is 2.60. The van der Waals surface area contributed by atoms with E-state index in [1.54, 1.807) is 7.11 Å². The third-order valence-corrected chi connectivity index (χ3v) is 9.21. The highest BCUT2D eigenvalue weighted by atomic mass is 16.5. The summed E-state index contributed by atoms with van der Waals surface area (Å²) in [4.78, 5) is 15.8. The van der Waals surface area contributed by atoms with Crippen molar-refractivity contribution in [2.24, 2.45) is 11.8 Å². The normalized spacial score (nSPS) is 23.7. The number of likely N-dealkylation sites (tertiary alicyclic amines) is 1. The Morgan fingerprint density at radius 1 is 0.744 bits per heavy atom. The number of carbonyl (C=O) groups is 1. The van der Waals surface area contributed by atoms with Gasteiger partial charge in [0.25, 0.3) is 0 Å². The van der Waals surface area contributed by atoms with Crippen LogP contribution in [-0.2, 0) is 22.2 Å². The van der Waals surface area contributed by atoms with Crippen molar-refractivity contribution in [2.75, 3.05) is 20.2 Å². The van der Waals surface area contributed by atoms with Crippen LogP contribution in [0.4, 0.5) is 0 Å². The Hall–Kier alpha value is -3.89. The lowest BCUT2D eigenvalue weighted by Gasteiger charge is -2.52. The molecule has 0 spiro atoms. The van der Waals surface area contributed by atoms with E-state index in [1.807, 2.05) is 59.5 Å². The Labute approximate surface area is 230 Å². The van der Waals surface area contributed by atoms with Crippen LogP contribution in [-0.4, -0.2) is 36.1 Å². The molecule has 1 heterocycles. The third-order valence-electron chi connectivity index (χ3n) is 9.21. The van der Waals surface area contributed by atoms with Gasteiger partial charge in [0.05, 0.1) is 19.1 Å². The SMILES string of the molecule is COc1ccccc1CC(=O)N1C[C@@H]2[C@H](C1)C(c1ccccc1)(c1ccccc1)CC[C@@]2(O)c1ccccc1. The summed E-state index contributed by atoms with van der Waals surface area (Å²) in [6.45, 7) is 1.11. The first-order chi connectivity index (χ1) is 19.1. The number of ether oxygens (including phenoxy) is 1. The number of amides is 1. The van der Waals surface area contributed by atoms with Gasteiger partial charge in [-0.1, -0.05) is 109 Å². The zero-order valence-corrected chi connectivity index (χ0v) is 22.4. The van der Waals surface area contributed by atoms with Gasteiger partial charge in [-0.25, -0.2) is 0 Å². The number of hydrogen-bond acceptors (Lipinski definition) is 3. The van der Waals surface area contributed by atoms with Crippen molar-refractivity contribution in [3.05, 3.63) is 138 Å². The summed E-state index contributed by atoms with van der Waals surface area (Å²) in [6.07, 6.45) is 1.69. The Morgan fingerprint density at radius 2 is 1.26 bits per heavy atom. The zero-order chi connectivity index (χ0) is 26.9. The summed E-state index contributed by atoms with van der Waals surface area (Å²) in [5.41, 5.74) is 3.00. The van der Waals surface area contributed by atoms with E-state index in [1.165, 1.54) is 11.1 Å². The summed E-state index contributed by atoms with van der Waals surface area (Å²) >= 11 is 0. The number of nitrogens with zero attached hydrogens (tertiary/aromatic N) is 1. The second kappa shape index (κ2) is 10.3. The quantitative estimate of drug-likeness (QED) is 0.342. The Kier molecular flexibility index (Phi) is 6.74. The highest BCUT2D eigenvalue weighted by molar-refractivity contribution is 5.80. The summed E-state index contributed by atoms with van der Waals surface area (Å²) in [6, 6.07) is 39.2. The van der Waals surface area contributed by atoms with Crippen molar-refractivity contribution < 1.29 is 14.6 Å². The van der Waals surface area contributed by atoms with Crippen LogP contribution in [0.1, 0.15) is 35.1 Å². The zero-order valence-electron chi connectivity index (χ0n) is 22.4. The molecular formula is C35H35NO3. The second-order valence-corrected chi connectivity index (χ2v) is 11.0. The van der Waals surface area contributed by atoms with Crippen molar-refractivity contribution in [2.45, 2.75) is 30.3 Å². The predicted octanol–water partition coefficient (Wildman–Crippen LogP) is 5.98. The van der Waals surface area contributed by atoms with E-state index in [2.05, 4.69) is 60.7 Å². The molecule has 1 amide bonds. The van der Waals surface area contributed by atoms with Crippen LogP contribution < -0.4 is 4.74 Å². The van der Waals surface area contributed by atoms with Gasteiger partial charge in [-0.05, 0) is 41.5 Å². The molecule has 39 heavy (non-hydrogen) atoms. The first kappa shape index (κ1) is 25.4. The molecule has 4 nitrogen and oxygen atoms in total. The van der Waals surface area contributed by atoms with Crippen molar-refractivity contribution in [1.82, 2.24) is 4.90 Å². The number of methoxy groups -OCH3 is 1. The maximum absolute atomic E-state index is 13.8. The number of rotatable bonds is 6. The summed E-state index contributed by atoms with van der Waals surface area (Å²) < 4.78 is 5.53. The Bertz CT molecular complexity index is 1380. The maximum Gasteiger partial charge on any atom is 0.227 e. The standard InChI is InChI=1S/C35H35NO3/c1-39-32-20-12-11-13-26(32)23-33(37)36-24-30-31(25-36)35(38,29-18-9-4-10-19-29)22-21-34(30,27-14-5-2-6-15-27)28-16-7-3-8-17-28/h2-20,30-31,38H,21-25H2,1H3/t30-,31+,35+/m0/s1. The van der Waals surface area contributed by atoms with Gasteiger partial charge in [0, 0.05) is 30.0 Å². The van der Waals surface area contributed by atoms with Gasteiger partial charge in [-0.2, -0.15) is 0 Å². The monoisotopic (exact) mass is 517 g/mol. The molecule has 1 saturated carbocycles. The summed E-state index contributed by atoms with van der Waals surface area (Å²) in [5.74, 6) is 0.726. The van der Waals surface area contributed by atoms with Gasteiger partial charge in [0.15, 0.2) is 0 Å². The Morgan fingerprint density at radius 3 is 1.85 bits per heavy atom. The number of carbonyl (C=O) groups excluding carboxylic acids is 1. The van der Waals surface area contributed by atoms with Crippen LogP contribution in [0.25, 0.3) is 0 Å². The first-order valence-electron chi connectivity index (χ1n) is 13.8. The molecule has 198 valence electrons. The lowest BCUT2D eigenvalue weighted by atomic mass is 9.52. The fourth-order valence-electron chi connectivity index (χ4n) is 7.31. The molecule has 2 aliphatic rings. The van der Waals surface area contributed by atoms with Gasteiger partial charge in [0.2, 0.25) is 5.91 Å². The van der Waals surface area contributed by atoms with Crippen LogP contribution in [0.2, 0.25) is 0 Å². The largest absolute Gasteiger partial charge is 0.496 e. The molecule has 4 aromatic carbocycles. The van der Waals surface area contributed by atoms with E-state index >= 15 is 0 Å². The Balaban J connectivity index is 1.45. The number of hydrogen-bond donors (Lipinski definition) is 1. The first-order valence-corrected chi connectivity index (χ1v) is 13.8. The van der Waals surface area contributed by atoms with E-state index in [9.17, 15) is 9.90 Å². The van der Waals surface area contributed by atoms with Crippen LogP contribution in [0.15, 0.2) is 115 Å². The highest BCUT2D eigenvalue weighted by Crippen LogP contribution is 2.59. The van der Waals surface area contributed by atoms with Gasteiger partial charge in [-0.3, -0.25) is 4.79 Å². The molecule has 1 saturated heterocycles. The van der Waals surface area contributed by atoms with E-state index in [4.69, 9.17) is 4.74 Å². The van der Waals surface area contributed by atoms with Crippen molar-refractivity contribution in [3.8, 4) is 5.75 Å². The van der Waals surface area contributed by atoms with Crippen LogP contribution >= 0.6 is 0 Å². The molecule has 4 aromatic rings. The molecule has 0 bridgehead atoms. The molecule has 6 rings (SSSR count). The van der Waals surface area contributed by atoms with Crippen LogP contribution in [0.3, 0.4) is 0 Å². The molecule has 3 atom stereocenters. The minimum absolute atomic E-state index is 0.0443. The third kappa shape index (κ3) is 4.33. The van der Waals surface area contributed by atoms with E-state index in [-0.39, 0.29) is 29.6 Å². The van der Waals surface area contributed by atoms with Gasteiger partial charge in [-0.15, -0.1) is 0 Å². The summed E-state index contributed by atoms with van der Waals surface area (Å²) in [5, 5.41) is 12.5. The smallest absolute Gasteiger partial charge is 0.227 e. The van der Waals surface area contributed by atoms with Crippen LogP contribution in [0, 0.1) is 11.8 Å². The lowest BCUT2D eigenvalue weighted by molar-refractivity contribution is -0.130. The van der Waals surface area contributed by atoms with E-state index in [0.29, 0.717) is 19.5 Å². The minimum Gasteiger partial charge on any atom is -0.496 e.